The molecule has 2 aromatic rings. The van der Waals surface area contributed by atoms with Crippen LogP contribution in [0, 0.1) is 0 Å². The van der Waals surface area contributed by atoms with Crippen molar-refractivity contribution < 1.29 is 4.79 Å². The zero-order valence-corrected chi connectivity index (χ0v) is 12.9. The van der Waals surface area contributed by atoms with Crippen LogP contribution < -0.4 is 11.1 Å². The van der Waals surface area contributed by atoms with E-state index in [0.717, 1.165) is 16.8 Å². The second-order valence-corrected chi connectivity index (χ2v) is 6.64. The van der Waals surface area contributed by atoms with Crippen LogP contribution in [0.15, 0.2) is 18.2 Å². The molecular weight excluding hydrogens is 284 g/mol. The maximum atomic E-state index is 12.0. The number of fused-ring (bicyclic) bond motifs is 1. The molecule has 3 N–H and O–H groups in total. The third-order valence-electron chi connectivity index (χ3n) is 4.05. The summed E-state index contributed by atoms with van der Waals surface area (Å²) in [6, 6.07) is 6.25. The van der Waals surface area contributed by atoms with Crippen LogP contribution in [0.3, 0.4) is 0 Å². The average molecular weight is 304 g/mol. The van der Waals surface area contributed by atoms with Crippen molar-refractivity contribution in [3.8, 4) is 0 Å². The van der Waals surface area contributed by atoms with Crippen LogP contribution in [0.4, 0.5) is 10.8 Å². The molecule has 6 heteroatoms. The molecule has 1 aromatic carbocycles. The molecule has 21 heavy (non-hydrogen) atoms. The number of carbonyl (C=O) groups is 1. The fraction of sp³-hybridized carbons (Fsp3) is 0.467. The molecule has 1 heterocycles. The van der Waals surface area contributed by atoms with Gasteiger partial charge in [0.25, 0.3) is 0 Å². The van der Waals surface area contributed by atoms with Gasteiger partial charge in [-0.05, 0) is 38.1 Å². The normalized spacial score (nSPS) is 15.3. The monoisotopic (exact) mass is 304 g/mol. The van der Waals surface area contributed by atoms with Gasteiger partial charge in [0, 0.05) is 24.7 Å². The summed E-state index contributed by atoms with van der Waals surface area (Å²) in [6.45, 7) is 0.800. The molecule has 5 nitrogen and oxygen atoms in total. The first-order valence-electron chi connectivity index (χ1n) is 7.28. The standard InChI is InChI=1S/C15H20N4OS/c1-19(11-3-2-4-11)8-7-14(20)18-15-17-12-6-5-10(16)9-13(12)21-15/h5-6,9,11H,2-4,7-8,16H2,1H3,(H,17,18,20). The van der Waals surface area contributed by atoms with Crippen molar-refractivity contribution in [3.05, 3.63) is 18.2 Å². The van der Waals surface area contributed by atoms with Gasteiger partial charge in [0.2, 0.25) is 5.91 Å². The number of hydrogen-bond donors (Lipinski definition) is 2. The van der Waals surface area contributed by atoms with Crippen molar-refractivity contribution in [2.75, 3.05) is 24.6 Å². The van der Waals surface area contributed by atoms with Crippen molar-refractivity contribution in [1.29, 1.82) is 0 Å². The van der Waals surface area contributed by atoms with E-state index < -0.39 is 0 Å². The topological polar surface area (TPSA) is 71.2 Å². The van der Waals surface area contributed by atoms with Crippen molar-refractivity contribution in [3.63, 3.8) is 0 Å². The number of thiazole rings is 1. The Hall–Kier alpha value is -1.66. The highest BCUT2D eigenvalue weighted by Gasteiger charge is 2.22. The summed E-state index contributed by atoms with van der Waals surface area (Å²) in [5, 5.41) is 3.53. The zero-order chi connectivity index (χ0) is 14.8. The van der Waals surface area contributed by atoms with Crippen LogP contribution in [-0.2, 0) is 4.79 Å². The number of amides is 1. The van der Waals surface area contributed by atoms with Gasteiger partial charge in [0.15, 0.2) is 5.13 Å². The van der Waals surface area contributed by atoms with Crippen molar-refractivity contribution in [2.24, 2.45) is 0 Å². The lowest BCUT2D eigenvalue weighted by molar-refractivity contribution is -0.116. The summed E-state index contributed by atoms with van der Waals surface area (Å²) in [4.78, 5) is 18.7. The Bertz CT molecular complexity index is 650. The van der Waals surface area contributed by atoms with Gasteiger partial charge < -0.3 is 16.0 Å². The van der Waals surface area contributed by atoms with Gasteiger partial charge in [0.05, 0.1) is 10.2 Å². The number of carbonyl (C=O) groups excluding carboxylic acids is 1. The summed E-state index contributed by atoms with van der Waals surface area (Å²) in [6.07, 6.45) is 4.34. The Balaban J connectivity index is 1.55. The number of rotatable bonds is 5. The number of aromatic nitrogens is 1. The minimum absolute atomic E-state index is 0.0215. The van der Waals surface area contributed by atoms with E-state index in [2.05, 4.69) is 22.2 Å². The molecule has 0 bridgehead atoms. The lowest BCUT2D eigenvalue weighted by atomic mass is 9.92. The van der Waals surface area contributed by atoms with E-state index in [9.17, 15) is 4.79 Å². The molecule has 3 rings (SSSR count). The lowest BCUT2D eigenvalue weighted by Gasteiger charge is -2.34. The third kappa shape index (κ3) is 3.33. The molecule has 0 aliphatic heterocycles. The fourth-order valence-corrected chi connectivity index (χ4v) is 3.39. The van der Waals surface area contributed by atoms with Gasteiger partial charge in [-0.1, -0.05) is 17.8 Å². The Morgan fingerprint density at radius 1 is 1.52 bits per heavy atom. The lowest BCUT2D eigenvalue weighted by Crippen LogP contribution is -2.38. The largest absolute Gasteiger partial charge is 0.399 e. The predicted molar refractivity (Wildman–Crippen MR) is 87.5 cm³/mol. The summed E-state index contributed by atoms with van der Waals surface area (Å²) >= 11 is 1.46. The summed E-state index contributed by atoms with van der Waals surface area (Å²) in [5.41, 5.74) is 7.33. The van der Waals surface area contributed by atoms with Crippen LogP contribution in [0.2, 0.25) is 0 Å². The predicted octanol–water partition coefficient (Wildman–Crippen LogP) is 2.69. The van der Waals surface area contributed by atoms with Crippen molar-refractivity contribution >= 4 is 38.3 Å². The first kappa shape index (κ1) is 14.3. The van der Waals surface area contributed by atoms with E-state index in [1.54, 1.807) is 0 Å². The van der Waals surface area contributed by atoms with Crippen LogP contribution in [0.1, 0.15) is 25.7 Å². The van der Waals surface area contributed by atoms with E-state index in [0.29, 0.717) is 23.3 Å². The second-order valence-electron chi connectivity index (χ2n) is 5.61. The number of nitrogens with one attached hydrogen (secondary N) is 1. The third-order valence-corrected chi connectivity index (χ3v) is 4.98. The van der Waals surface area contributed by atoms with Gasteiger partial charge in [-0.3, -0.25) is 4.79 Å². The van der Waals surface area contributed by atoms with Crippen LogP contribution in [0.25, 0.3) is 10.2 Å². The summed E-state index contributed by atoms with van der Waals surface area (Å²) in [7, 11) is 2.09. The van der Waals surface area contributed by atoms with E-state index in [1.807, 2.05) is 18.2 Å². The Kier molecular flexibility index (Phi) is 4.07. The highest BCUT2D eigenvalue weighted by atomic mass is 32.1. The van der Waals surface area contributed by atoms with E-state index in [1.165, 1.54) is 30.6 Å². The quantitative estimate of drug-likeness (QED) is 0.833. The summed E-state index contributed by atoms with van der Waals surface area (Å²) in [5.74, 6) is 0.0215. The number of benzene rings is 1. The molecule has 112 valence electrons. The van der Waals surface area contributed by atoms with Gasteiger partial charge in [-0.25, -0.2) is 4.98 Å². The van der Waals surface area contributed by atoms with Gasteiger partial charge in [0.1, 0.15) is 0 Å². The van der Waals surface area contributed by atoms with E-state index >= 15 is 0 Å². The highest BCUT2D eigenvalue weighted by Crippen LogP contribution is 2.27. The maximum absolute atomic E-state index is 12.0. The first-order chi connectivity index (χ1) is 10.1. The molecule has 0 atom stereocenters. The SMILES string of the molecule is CN(CCC(=O)Nc1nc2ccc(N)cc2s1)C1CCC1. The fourth-order valence-electron chi connectivity index (χ4n) is 2.46. The second kappa shape index (κ2) is 5.99. The average Bonchev–Trinajstić information content (AvgIpc) is 2.75. The molecule has 1 amide bonds. The van der Waals surface area contributed by atoms with Gasteiger partial charge in [-0.2, -0.15) is 0 Å². The molecule has 0 unspecified atom stereocenters. The number of nitrogens with two attached hydrogens (primary N) is 1. The maximum Gasteiger partial charge on any atom is 0.227 e. The van der Waals surface area contributed by atoms with Gasteiger partial charge in [-0.15, -0.1) is 0 Å². The molecule has 1 aromatic heterocycles. The highest BCUT2D eigenvalue weighted by molar-refractivity contribution is 7.22. The molecule has 0 spiro atoms. The smallest absolute Gasteiger partial charge is 0.227 e. The number of nitrogens with zero attached hydrogens (tertiary/aromatic N) is 2. The number of nitrogen functional groups attached to an aromatic ring is 1. The molecule has 1 fully saturated rings. The number of anilines is 2. The molecule has 1 aliphatic carbocycles. The van der Waals surface area contributed by atoms with Gasteiger partial charge >= 0.3 is 0 Å². The zero-order valence-electron chi connectivity index (χ0n) is 12.1. The number of hydrogen-bond acceptors (Lipinski definition) is 5. The van der Waals surface area contributed by atoms with E-state index in [-0.39, 0.29) is 5.91 Å². The molecule has 0 saturated heterocycles. The summed E-state index contributed by atoms with van der Waals surface area (Å²) < 4.78 is 0.997. The minimum Gasteiger partial charge on any atom is -0.399 e. The first-order valence-corrected chi connectivity index (χ1v) is 8.09. The molecule has 0 radical (unpaired) electrons. The Morgan fingerprint density at radius 2 is 2.33 bits per heavy atom. The van der Waals surface area contributed by atoms with Crippen LogP contribution in [0.5, 0.6) is 0 Å². The van der Waals surface area contributed by atoms with Crippen LogP contribution >= 0.6 is 11.3 Å². The Labute approximate surface area is 128 Å². The Morgan fingerprint density at radius 3 is 3.05 bits per heavy atom. The van der Waals surface area contributed by atoms with Crippen molar-refractivity contribution in [1.82, 2.24) is 9.88 Å². The van der Waals surface area contributed by atoms with Crippen LogP contribution in [-0.4, -0.2) is 35.4 Å². The van der Waals surface area contributed by atoms with E-state index in [4.69, 9.17) is 5.73 Å². The van der Waals surface area contributed by atoms with Crippen molar-refractivity contribution in [2.45, 2.75) is 31.7 Å². The minimum atomic E-state index is 0.0215. The molecule has 1 saturated carbocycles. The molecule has 1 aliphatic rings. The molecular formula is C15H20N4OS.